The second kappa shape index (κ2) is 8.24. The summed E-state index contributed by atoms with van der Waals surface area (Å²) in [5, 5.41) is 10.0. The standard InChI is InChI=1S/C21H24N2O5S/c1-6-27-15-10-13(8-9-14(15)24)17-16(20(26)28-7-2)12(5)23-19(25)18(11(3)4)29-21(23)22-17/h8-10,17,24H,6-7H2,1-5H3/t17-/m0/s1. The van der Waals surface area contributed by atoms with Gasteiger partial charge in [-0.05, 0) is 52.3 Å². The van der Waals surface area contributed by atoms with Crippen molar-refractivity contribution in [1.82, 2.24) is 4.57 Å². The highest BCUT2D eigenvalue weighted by Gasteiger charge is 2.32. The van der Waals surface area contributed by atoms with Crippen LogP contribution in [0.4, 0.5) is 0 Å². The monoisotopic (exact) mass is 416 g/mol. The van der Waals surface area contributed by atoms with E-state index in [-0.39, 0.29) is 17.9 Å². The van der Waals surface area contributed by atoms with Crippen molar-refractivity contribution in [3.8, 4) is 11.5 Å². The van der Waals surface area contributed by atoms with Crippen molar-refractivity contribution < 1.29 is 19.4 Å². The van der Waals surface area contributed by atoms with Gasteiger partial charge in [-0.2, -0.15) is 0 Å². The molecule has 7 nitrogen and oxygen atoms in total. The van der Waals surface area contributed by atoms with Gasteiger partial charge in [-0.3, -0.25) is 9.36 Å². The lowest BCUT2D eigenvalue weighted by Crippen LogP contribution is -2.35. The van der Waals surface area contributed by atoms with E-state index in [0.717, 1.165) is 5.57 Å². The van der Waals surface area contributed by atoms with Gasteiger partial charge >= 0.3 is 5.97 Å². The van der Waals surface area contributed by atoms with E-state index in [0.29, 0.717) is 38.5 Å². The van der Waals surface area contributed by atoms with Crippen molar-refractivity contribution in [2.45, 2.75) is 40.7 Å². The molecule has 3 rings (SSSR count). The molecule has 1 aliphatic rings. The molecule has 1 aromatic heterocycles. The van der Waals surface area contributed by atoms with Gasteiger partial charge in [0.25, 0.3) is 5.56 Å². The fourth-order valence-corrected chi connectivity index (χ4v) is 4.27. The molecule has 154 valence electrons. The summed E-state index contributed by atoms with van der Waals surface area (Å²) >= 11 is 1.30. The van der Waals surface area contributed by atoms with Crippen LogP contribution in [0.3, 0.4) is 0 Å². The molecule has 29 heavy (non-hydrogen) atoms. The van der Waals surface area contributed by atoms with Crippen LogP contribution in [-0.4, -0.2) is 28.9 Å². The van der Waals surface area contributed by atoms with Crippen LogP contribution in [0.15, 0.2) is 33.6 Å². The maximum Gasteiger partial charge on any atom is 0.338 e. The number of thiazole rings is 1. The zero-order valence-corrected chi connectivity index (χ0v) is 17.9. The van der Waals surface area contributed by atoms with Crippen molar-refractivity contribution in [1.29, 1.82) is 0 Å². The van der Waals surface area contributed by atoms with E-state index in [2.05, 4.69) is 0 Å². The van der Waals surface area contributed by atoms with Crippen LogP contribution < -0.4 is 19.6 Å². The molecule has 0 unspecified atom stereocenters. The summed E-state index contributed by atoms with van der Waals surface area (Å²) in [6.07, 6.45) is 0. The summed E-state index contributed by atoms with van der Waals surface area (Å²) in [6, 6.07) is 4.20. The average Bonchev–Trinajstić information content (AvgIpc) is 3.01. The van der Waals surface area contributed by atoms with Gasteiger partial charge in [0.1, 0.15) is 6.04 Å². The van der Waals surface area contributed by atoms with E-state index >= 15 is 0 Å². The number of nitrogens with zero attached hydrogens (tertiary/aromatic N) is 2. The molecule has 0 fully saturated rings. The molecule has 1 aromatic carbocycles. The van der Waals surface area contributed by atoms with Crippen LogP contribution in [0.1, 0.15) is 46.2 Å². The molecule has 1 atom stereocenters. The largest absolute Gasteiger partial charge is 0.504 e. The van der Waals surface area contributed by atoms with Crippen LogP contribution >= 0.6 is 11.3 Å². The molecule has 0 saturated heterocycles. The normalized spacial score (nSPS) is 15.6. The Labute approximate surface area is 172 Å². The predicted octanol–water partition coefficient (Wildman–Crippen LogP) is 2.37. The lowest BCUT2D eigenvalue weighted by Gasteiger charge is -2.23. The first kappa shape index (κ1) is 20.9. The van der Waals surface area contributed by atoms with Gasteiger partial charge in [-0.15, -0.1) is 0 Å². The third-order valence-electron chi connectivity index (χ3n) is 4.57. The first-order valence-corrected chi connectivity index (χ1v) is 10.2. The smallest absolute Gasteiger partial charge is 0.338 e. The molecular weight excluding hydrogens is 392 g/mol. The molecule has 0 saturated carbocycles. The van der Waals surface area contributed by atoms with E-state index < -0.39 is 12.0 Å². The molecule has 2 aromatic rings. The first-order valence-electron chi connectivity index (χ1n) is 9.41. The summed E-state index contributed by atoms with van der Waals surface area (Å²) in [6.45, 7) is 9.61. The summed E-state index contributed by atoms with van der Waals surface area (Å²) in [4.78, 5) is 30.9. The van der Waals surface area contributed by atoms with E-state index in [1.54, 1.807) is 26.0 Å². The molecule has 1 N–H and O–H groups in total. The number of phenolic OH excluding ortho intramolecular Hbond substituents is 1. The Morgan fingerprint density at radius 3 is 2.62 bits per heavy atom. The number of rotatable bonds is 5. The van der Waals surface area contributed by atoms with Crippen molar-refractivity contribution in [2.75, 3.05) is 13.2 Å². The minimum Gasteiger partial charge on any atom is -0.504 e. The Bertz CT molecular complexity index is 1170. The van der Waals surface area contributed by atoms with Crippen molar-refractivity contribution in [3.63, 3.8) is 0 Å². The fourth-order valence-electron chi connectivity index (χ4n) is 3.24. The molecule has 1 aliphatic heterocycles. The third-order valence-corrected chi connectivity index (χ3v) is 5.83. The minimum atomic E-state index is -0.670. The molecule has 0 spiro atoms. The van der Waals surface area contributed by atoms with Gasteiger partial charge in [-0.1, -0.05) is 23.0 Å². The Morgan fingerprint density at radius 2 is 2.00 bits per heavy atom. The van der Waals surface area contributed by atoms with E-state index in [1.807, 2.05) is 20.8 Å². The second-order valence-corrected chi connectivity index (χ2v) is 7.74. The Balaban J connectivity index is 2.31. The van der Waals surface area contributed by atoms with Crippen LogP contribution in [-0.2, 0) is 9.53 Å². The van der Waals surface area contributed by atoms with Crippen LogP contribution in [0.25, 0.3) is 11.3 Å². The Hall–Kier alpha value is -2.87. The summed E-state index contributed by atoms with van der Waals surface area (Å²) < 4.78 is 12.8. The summed E-state index contributed by atoms with van der Waals surface area (Å²) in [5.74, 6) is -0.197. The molecule has 0 aliphatic carbocycles. The predicted molar refractivity (Wildman–Crippen MR) is 112 cm³/mol. The van der Waals surface area contributed by atoms with E-state index in [4.69, 9.17) is 14.5 Å². The van der Waals surface area contributed by atoms with Gasteiger partial charge in [0, 0.05) is 5.70 Å². The highest BCUT2D eigenvalue weighted by Crippen LogP contribution is 2.36. The van der Waals surface area contributed by atoms with Gasteiger partial charge in [0.15, 0.2) is 16.3 Å². The number of benzene rings is 1. The molecule has 8 heteroatoms. The van der Waals surface area contributed by atoms with E-state index in [9.17, 15) is 14.7 Å². The maximum absolute atomic E-state index is 12.9. The number of carbonyl (C=O) groups is 1. The number of carbonyl (C=O) groups excluding carboxylic acids is 1. The summed E-state index contributed by atoms with van der Waals surface area (Å²) in [7, 11) is 0. The SMILES string of the molecule is CCOC(=O)C1=C(C)n2c(sc(=C(C)C)c2=O)=N[C@H]1c1ccc(O)c(OCC)c1. The number of hydrogen-bond donors (Lipinski definition) is 1. The minimum absolute atomic E-state index is 0.0105. The number of phenols is 1. The Kier molecular flexibility index (Phi) is 5.93. The van der Waals surface area contributed by atoms with Gasteiger partial charge in [0.2, 0.25) is 0 Å². The molecule has 2 heterocycles. The van der Waals surface area contributed by atoms with Gasteiger partial charge < -0.3 is 14.6 Å². The number of allylic oxidation sites excluding steroid dienone is 1. The molecule has 0 radical (unpaired) electrons. The van der Waals surface area contributed by atoms with Gasteiger partial charge in [0.05, 0.1) is 23.3 Å². The number of aromatic hydroxyl groups is 1. The highest BCUT2D eigenvalue weighted by molar-refractivity contribution is 7.07. The highest BCUT2D eigenvalue weighted by atomic mass is 32.1. The lowest BCUT2D eigenvalue weighted by atomic mass is 9.96. The quantitative estimate of drug-likeness (QED) is 0.756. The van der Waals surface area contributed by atoms with Crippen molar-refractivity contribution in [2.24, 2.45) is 4.99 Å². The number of ether oxygens (including phenoxy) is 2. The number of esters is 1. The fraction of sp³-hybridized carbons (Fsp3) is 0.381. The topological polar surface area (TPSA) is 90.1 Å². The van der Waals surface area contributed by atoms with Crippen LogP contribution in [0.2, 0.25) is 0 Å². The number of fused-ring (bicyclic) bond motifs is 1. The summed E-state index contributed by atoms with van der Waals surface area (Å²) in [5.41, 5.74) is 2.17. The number of hydrogen-bond acceptors (Lipinski definition) is 7. The maximum atomic E-state index is 12.9. The first-order chi connectivity index (χ1) is 13.8. The van der Waals surface area contributed by atoms with Crippen LogP contribution in [0, 0.1) is 0 Å². The second-order valence-electron chi connectivity index (χ2n) is 6.77. The van der Waals surface area contributed by atoms with E-state index in [1.165, 1.54) is 22.0 Å². The zero-order chi connectivity index (χ0) is 21.3. The Morgan fingerprint density at radius 1 is 1.28 bits per heavy atom. The number of aromatic nitrogens is 1. The average molecular weight is 416 g/mol. The van der Waals surface area contributed by atoms with Gasteiger partial charge in [-0.25, -0.2) is 9.79 Å². The van der Waals surface area contributed by atoms with Crippen molar-refractivity contribution >= 4 is 28.6 Å². The third kappa shape index (κ3) is 3.72. The zero-order valence-electron chi connectivity index (χ0n) is 17.1. The molecular formula is C21H24N2O5S. The lowest BCUT2D eigenvalue weighted by molar-refractivity contribution is -0.138. The molecule has 0 amide bonds. The van der Waals surface area contributed by atoms with Crippen molar-refractivity contribution in [3.05, 3.63) is 49.0 Å². The molecule has 0 bridgehead atoms. The van der Waals surface area contributed by atoms with Crippen LogP contribution in [0.5, 0.6) is 11.5 Å².